The summed E-state index contributed by atoms with van der Waals surface area (Å²) in [5.41, 5.74) is 1.10. The van der Waals surface area contributed by atoms with Crippen LogP contribution in [0.5, 0.6) is 0 Å². The van der Waals surface area contributed by atoms with Crippen LogP contribution in [0.1, 0.15) is 57.6 Å². The molecule has 0 aromatic heterocycles. The van der Waals surface area contributed by atoms with Gasteiger partial charge >= 0.3 is 5.97 Å². The molecule has 1 aliphatic rings. The Morgan fingerprint density at radius 1 is 1.11 bits per heavy atom. The molecule has 1 atom stereocenters. The fourth-order valence-corrected chi connectivity index (χ4v) is 2.79. The second kappa shape index (κ2) is 6.74. The summed E-state index contributed by atoms with van der Waals surface area (Å²) in [5, 5.41) is 0. The highest BCUT2D eigenvalue weighted by Gasteiger charge is 2.27. The first-order valence-corrected chi connectivity index (χ1v) is 7.44. The Balaban J connectivity index is 2.02. The topological polar surface area (TPSA) is 26.3 Å². The van der Waals surface area contributed by atoms with Crippen LogP contribution in [0.15, 0.2) is 30.3 Å². The minimum absolute atomic E-state index is 0.00209. The van der Waals surface area contributed by atoms with Crippen molar-refractivity contribution in [3.63, 3.8) is 0 Å². The molecule has 1 aromatic rings. The lowest BCUT2D eigenvalue weighted by Crippen LogP contribution is -2.24. The molecule has 2 heteroatoms. The Labute approximate surface area is 116 Å². The lowest BCUT2D eigenvalue weighted by Gasteiger charge is -2.26. The largest absolute Gasteiger partial charge is 0.457 e. The molecule has 0 heterocycles. The minimum atomic E-state index is -0.115. The molecule has 1 saturated carbocycles. The smallest absolute Gasteiger partial charge is 0.309 e. The summed E-state index contributed by atoms with van der Waals surface area (Å²) in [6, 6.07) is 10.1. The van der Waals surface area contributed by atoms with Crippen molar-refractivity contribution in [1.82, 2.24) is 0 Å². The molecule has 2 rings (SSSR count). The maximum Gasteiger partial charge on any atom is 0.309 e. The number of benzene rings is 1. The summed E-state index contributed by atoms with van der Waals surface area (Å²) < 4.78 is 5.80. The molecule has 1 aliphatic carbocycles. The first-order chi connectivity index (χ1) is 9.18. The summed E-state index contributed by atoms with van der Waals surface area (Å²) >= 11 is 0. The van der Waals surface area contributed by atoms with Gasteiger partial charge in [0.1, 0.15) is 6.10 Å². The number of esters is 1. The van der Waals surface area contributed by atoms with E-state index in [0.29, 0.717) is 5.92 Å². The highest BCUT2D eigenvalue weighted by Crippen LogP contribution is 2.30. The van der Waals surface area contributed by atoms with Gasteiger partial charge in [0.05, 0.1) is 5.92 Å². The zero-order chi connectivity index (χ0) is 13.7. The summed E-state index contributed by atoms with van der Waals surface area (Å²) in [4.78, 5) is 12.3. The van der Waals surface area contributed by atoms with Gasteiger partial charge in [-0.15, -0.1) is 0 Å². The molecule has 0 aliphatic heterocycles. The maximum atomic E-state index is 12.3. The monoisotopic (exact) mass is 260 g/mol. The van der Waals surface area contributed by atoms with E-state index < -0.39 is 0 Å². The Kier molecular flexibility index (Phi) is 5.00. The number of rotatable bonds is 4. The van der Waals surface area contributed by atoms with E-state index in [1.807, 2.05) is 30.3 Å². The van der Waals surface area contributed by atoms with Gasteiger partial charge in [0.25, 0.3) is 0 Å². The molecule has 1 aromatic carbocycles. The van der Waals surface area contributed by atoms with Crippen molar-refractivity contribution in [3.8, 4) is 0 Å². The van der Waals surface area contributed by atoms with Crippen molar-refractivity contribution >= 4 is 5.97 Å². The number of hydrogen-bond acceptors (Lipinski definition) is 2. The summed E-state index contributed by atoms with van der Waals surface area (Å²) in [5.74, 6) is 0.427. The third kappa shape index (κ3) is 3.82. The highest BCUT2D eigenvalue weighted by atomic mass is 16.5. The van der Waals surface area contributed by atoms with E-state index in [1.165, 1.54) is 6.42 Å². The number of ether oxygens (including phenoxy) is 1. The minimum Gasteiger partial charge on any atom is -0.457 e. The van der Waals surface area contributed by atoms with Gasteiger partial charge in [-0.05, 0) is 24.3 Å². The molecule has 0 N–H and O–H groups in total. The Morgan fingerprint density at radius 2 is 1.74 bits per heavy atom. The number of hydrogen-bond donors (Lipinski definition) is 0. The molecule has 2 nitrogen and oxygen atoms in total. The van der Waals surface area contributed by atoms with Gasteiger partial charge in [-0.1, -0.05) is 63.4 Å². The maximum absolute atomic E-state index is 12.3. The Hall–Kier alpha value is -1.31. The van der Waals surface area contributed by atoms with E-state index in [0.717, 1.165) is 31.2 Å². The van der Waals surface area contributed by atoms with Gasteiger partial charge in [-0.25, -0.2) is 0 Å². The average molecular weight is 260 g/mol. The van der Waals surface area contributed by atoms with Gasteiger partial charge in [-0.2, -0.15) is 0 Å². The predicted molar refractivity (Wildman–Crippen MR) is 76.7 cm³/mol. The van der Waals surface area contributed by atoms with E-state index in [4.69, 9.17) is 4.74 Å². The molecule has 0 saturated heterocycles. The van der Waals surface area contributed by atoms with Crippen LogP contribution in [-0.4, -0.2) is 5.97 Å². The third-order valence-corrected chi connectivity index (χ3v) is 3.92. The first-order valence-electron chi connectivity index (χ1n) is 7.44. The van der Waals surface area contributed by atoms with Crippen LogP contribution < -0.4 is 0 Å². The quantitative estimate of drug-likeness (QED) is 0.745. The van der Waals surface area contributed by atoms with Crippen LogP contribution in [0.2, 0.25) is 0 Å². The van der Waals surface area contributed by atoms with E-state index in [9.17, 15) is 4.79 Å². The van der Waals surface area contributed by atoms with E-state index >= 15 is 0 Å². The number of carbonyl (C=O) groups excluding carboxylic acids is 1. The van der Waals surface area contributed by atoms with Crippen molar-refractivity contribution in [1.29, 1.82) is 0 Å². The summed E-state index contributed by atoms with van der Waals surface area (Å²) in [6.45, 7) is 4.21. The molecule has 19 heavy (non-hydrogen) atoms. The molecule has 1 fully saturated rings. The third-order valence-electron chi connectivity index (χ3n) is 3.92. The zero-order valence-corrected chi connectivity index (χ0v) is 12.0. The fraction of sp³-hybridized carbons (Fsp3) is 0.588. The Morgan fingerprint density at radius 3 is 2.32 bits per heavy atom. The second-order valence-electron chi connectivity index (χ2n) is 5.85. The SMILES string of the molecule is CC(C)[C@H](OC(=O)C1CCCCC1)c1ccccc1. The summed E-state index contributed by atoms with van der Waals surface area (Å²) in [6.07, 6.45) is 5.47. The van der Waals surface area contributed by atoms with Crippen molar-refractivity contribution in [2.24, 2.45) is 11.8 Å². The van der Waals surface area contributed by atoms with Gasteiger partial charge in [0.2, 0.25) is 0 Å². The summed E-state index contributed by atoms with van der Waals surface area (Å²) in [7, 11) is 0. The van der Waals surface area contributed by atoms with Gasteiger partial charge in [0, 0.05) is 0 Å². The first kappa shape index (κ1) is 14.1. The van der Waals surface area contributed by atoms with E-state index in [-0.39, 0.29) is 18.0 Å². The van der Waals surface area contributed by atoms with Crippen LogP contribution in [0.3, 0.4) is 0 Å². The van der Waals surface area contributed by atoms with E-state index in [2.05, 4.69) is 13.8 Å². The van der Waals surface area contributed by atoms with E-state index in [1.54, 1.807) is 0 Å². The molecular weight excluding hydrogens is 236 g/mol. The standard InChI is InChI=1S/C17H24O2/c1-13(2)16(14-9-5-3-6-10-14)19-17(18)15-11-7-4-8-12-15/h3,5-6,9-10,13,15-16H,4,7-8,11-12H2,1-2H3/t16-/m0/s1. The van der Waals surface area contributed by atoms with Crippen LogP contribution in [-0.2, 0) is 9.53 Å². The highest BCUT2D eigenvalue weighted by molar-refractivity contribution is 5.72. The fourth-order valence-electron chi connectivity index (χ4n) is 2.79. The normalized spacial score (nSPS) is 18.3. The number of carbonyl (C=O) groups is 1. The Bertz CT molecular complexity index is 391. The lowest BCUT2D eigenvalue weighted by molar-refractivity contribution is -0.158. The molecular formula is C17H24O2. The molecule has 104 valence electrons. The van der Waals surface area contributed by atoms with Crippen LogP contribution in [0.4, 0.5) is 0 Å². The van der Waals surface area contributed by atoms with Gasteiger partial charge < -0.3 is 4.74 Å². The van der Waals surface area contributed by atoms with Crippen LogP contribution >= 0.6 is 0 Å². The van der Waals surface area contributed by atoms with Crippen LogP contribution in [0.25, 0.3) is 0 Å². The molecule has 0 amide bonds. The zero-order valence-electron chi connectivity index (χ0n) is 12.0. The average Bonchev–Trinajstić information content (AvgIpc) is 2.46. The van der Waals surface area contributed by atoms with Crippen molar-refractivity contribution in [2.75, 3.05) is 0 Å². The molecule has 0 unspecified atom stereocenters. The van der Waals surface area contributed by atoms with Crippen molar-refractivity contribution in [3.05, 3.63) is 35.9 Å². The predicted octanol–water partition coefficient (Wildman–Crippen LogP) is 4.51. The second-order valence-corrected chi connectivity index (χ2v) is 5.85. The van der Waals surface area contributed by atoms with Gasteiger partial charge in [-0.3, -0.25) is 4.79 Å². The molecule has 0 spiro atoms. The molecule has 0 bridgehead atoms. The van der Waals surface area contributed by atoms with Gasteiger partial charge in [0.15, 0.2) is 0 Å². The lowest BCUT2D eigenvalue weighted by atomic mass is 9.89. The van der Waals surface area contributed by atoms with Crippen molar-refractivity contribution in [2.45, 2.75) is 52.1 Å². The molecule has 0 radical (unpaired) electrons. The van der Waals surface area contributed by atoms with Crippen LogP contribution in [0, 0.1) is 11.8 Å². The van der Waals surface area contributed by atoms with Crippen molar-refractivity contribution < 1.29 is 9.53 Å².